The average molecular weight is 424 g/mol. The summed E-state index contributed by atoms with van der Waals surface area (Å²) in [5.74, 6) is 0.0183. The molecule has 2 saturated heterocycles. The molecule has 7 nitrogen and oxygen atoms in total. The van der Waals surface area contributed by atoms with Crippen LogP contribution in [0.1, 0.15) is 35.2 Å². The fourth-order valence-electron chi connectivity index (χ4n) is 4.33. The predicted molar refractivity (Wildman–Crippen MR) is 114 cm³/mol. The maximum absolute atomic E-state index is 12.8. The van der Waals surface area contributed by atoms with E-state index in [9.17, 15) is 13.2 Å². The van der Waals surface area contributed by atoms with Crippen molar-refractivity contribution in [2.75, 3.05) is 52.7 Å². The molecule has 1 aromatic carbocycles. The van der Waals surface area contributed by atoms with Gasteiger partial charge in [-0.05, 0) is 38.3 Å². The molecule has 0 saturated carbocycles. The minimum Gasteiger partial charge on any atom is -0.381 e. The Balaban J connectivity index is 1.66. The van der Waals surface area contributed by atoms with Gasteiger partial charge in [0.2, 0.25) is 10.0 Å². The molecule has 1 atom stereocenters. The predicted octanol–water partition coefficient (Wildman–Crippen LogP) is 1.58. The van der Waals surface area contributed by atoms with Crippen molar-refractivity contribution in [2.24, 2.45) is 0 Å². The summed E-state index contributed by atoms with van der Waals surface area (Å²) in [4.78, 5) is 17.0. The molecule has 0 aromatic heterocycles. The van der Waals surface area contributed by atoms with E-state index in [0.717, 1.165) is 44.6 Å². The number of carbonyl (C=O) groups is 1. The molecule has 2 fully saturated rings. The monoisotopic (exact) mass is 423 g/mol. The Morgan fingerprint density at radius 3 is 2.52 bits per heavy atom. The van der Waals surface area contributed by atoms with Gasteiger partial charge in [-0.3, -0.25) is 9.69 Å². The van der Waals surface area contributed by atoms with E-state index in [1.807, 2.05) is 38.2 Å². The number of nitrogens with zero attached hydrogens (tertiary/aromatic N) is 3. The lowest BCUT2D eigenvalue weighted by Gasteiger charge is -2.39. The lowest BCUT2D eigenvalue weighted by atomic mass is 10.0. The summed E-state index contributed by atoms with van der Waals surface area (Å²) >= 11 is 0. The molecule has 2 heterocycles. The Kier molecular flexibility index (Phi) is 7.32. The fourth-order valence-corrected chi connectivity index (χ4v) is 5.21. The number of hydrogen-bond acceptors (Lipinski definition) is 5. The molecule has 2 aliphatic rings. The van der Waals surface area contributed by atoms with Crippen LogP contribution in [-0.4, -0.2) is 93.2 Å². The number of rotatable bonds is 7. The van der Waals surface area contributed by atoms with Gasteiger partial charge in [0.1, 0.15) is 0 Å². The van der Waals surface area contributed by atoms with Crippen molar-refractivity contribution in [2.45, 2.75) is 38.3 Å². The summed E-state index contributed by atoms with van der Waals surface area (Å²) in [6.07, 6.45) is 4.01. The normalized spacial score (nSPS) is 21.6. The van der Waals surface area contributed by atoms with Crippen LogP contribution in [0.3, 0.4) is 0 Å². The maximum Gasteiger partial charge on any atom is 0.253 e. The molecule has 0 N–H and O–H groups in total. The van der Waals surface area contributed by atoms with Gasteiger partial charge in [-0.2, -0.15) is 0 Å². The van der Waals surface area contributed by atoms with Crippen molar-refractivity contribution in [3.05, 3.63) is 35.4 Å². The van der Waals surface area contributed by atoms with Gasteiger partial charge in [0.15, 0.2) is 0 Å². The van der Waals surface area contributed by atoms with E-state index in [1.54, 1.807) is 9.21 Å². The number of likely N-dealkylation sites (N-methyl/N-ethyl adjacent to an activating group) is 1. The summed E-state index contributed by atoms with van der Waals surface area (Å²) in [6.45, 7) is 5.91. The van der Waals surface area contributed by atoms with E-state index in [2.05, 4.69) is 4.90 Å². The number of aryl methyl sites for hydroxylation is 1. The zero-order chi connectivity index (χ0) is 21.0. The fraction of sp³-hybridized carbons (Fsp3) is 0.667. The van der Waals surface area contributed by atoms with Crippen molar-refractivity contribution < 1.29 is 17.9 Å². The summed E-state index contributed by atoms with van der Waals surface area (Å²) in [5.41, 5.74) is 1.77. The highest BCUT2D eigenvalue weighted by atomic mass is 32.2. The van der Waals surface area contributed by atoms with Gasteiger partial charge in [-0.25, -0.2) is 12.7 Å². The molecule has 3 rings (SSSR count). The molecule has 29 heavy (non-hydrogen) atoms. The molecular weight excluding hydrogens is 390 g/mol. The minimum absolute atomic E-state index is 0.0183. The van der Waals surface area contributed by atoms with Crippen molar-refractivity contribution in [1.29, 1.82) is 0 Å². The standard InChI is InChI=1S/C21H33N3O4S/c1-17-5-4-6-18(15-17)21(25)22(2)11-12-24(19-8-13-28-14-9-19)20-7-10-23(16-20)29(3,26)27/h4-6,15,19-20H,7-14,16H2,1-3H3. The first kappa shape index (κ1) is 22.2. The van der Waals surface area contributed by atoms with Crippen LogP contribution in [0.15, 0.2) is 24.3 Å². The highest BCUT2D eigenvalue weighted by Gasteiger charge is 2.35. The maximum atomic E-state index is 12.8. The van der Waals surface area contributed by atoms with Crippen LogP contribution in [0.4, 0.5) is 0 Å². The van der Waals surface area contributed by atoms with Crippen LogP contribution in [0.2, 0.25) is 0 Å². The third-order valence-electron chi connectivity index (χ3n) is 6.03. The third kappa shape index (κ3) is 5.78. The van der Waals surface area contributed by atoms with E-state index < -0.39 is 10.0 Å². The minimum atomic E-state index is -3.17. The Hall–Kier alpha value is -1.48. The molecule has 0 radical (unpaired) electrons. The van der Waals surface area contributed by atoms with Crippen LogP contribution in [-0.2, 0) is 14.8 Å². The summed E-state index contributed by atoms with van der Waals surface area (Å²) in [5, 5.41) is 0. The smallest absolute Gasteiger partial charge is 0.253 e. The molecule has 1 aromatic rings. The first-order valence-electron chi connectivity index (χ1n) is 10.4. The molecular formula is C21H33N3O4S. The number of amides is 1. The van der Waals surface area contributed by atoms with Gasteiger partial charge in [-0.15, -0.1) is 0 Å². The van der Waals surface area contributed by atoms with Gasteiger partial charge in [0, 0.05) is 64.1 Å². The van der Waals surface area contributed by atoms with Crippen LogP contribution >= 0.6 is 0 Å². The number of carbonyl (C=O) groups excluding carboxylic acids is 1. The SMILES string of the molecule is Cc1cccc(C(=O)N(C)CCN(C2CCOCC2)C2CCN(S(C)(=O)=O)C2)c1. The zero-order valence-corrected chi connectivity index (χ0v) is 18.5. The summed E-state index contributed by atoms with van der Waals surface area (Å²) in [6, 6.07) is 8.21. The second-order valence-corrected chi connectivity index (χ2v) is 10.2. The van der Waals surface area contributed by atoms with E-state index in [-0.39, 0.29) is 11.9 Å². The van der Waals surface area contributed by atoms with Crippen molar-refractivity contribution >= 4 is 15.9 Å². The average Bonchev–Trinajstić information content (AvgIpc) is 3.19. The lowest BCUT2D eigenvalue weighted by molar-refractivity contribution is 0.0158. The van der Waals surface area contributed by atoms with Crippen molar-refractivity contribution in [3.63, 3.8) is 0 Å². The first-order chi connectivity index (χ1) is 13.8. The highest BCUT2D eigenvalue weighted by Crippen LogP contribution is 2.24. The van der Waals surface area contributed by atoms with Crippen LogP contribution < -0.4 is 0 Å². The topological polar surface area (TPSA) is 70.2 Å². The first-order valence-corrected chi connectivity index (χ1v) is 12.2. The molecule has 2 aliphatic heterocycles. The van der Waals surface area contributed by atoms with Crippen LogP contribution in [0.5, 0.6) is 0 Å². The number of ether oxygens (including phenoxy) is 1. The van der Waals surface area contributed by atoms with Gasteiger partial charge in [0.25, 0.3) is 5.91 Å². The van der Waals surface area contributed by atoms with E-state index in [1.165, 1.54) is 6.26 Å². The molecule has 1 amide bonds. The second-order valence-electron chi connectivity index (χ2n) is 8.24. The van der Waals surface area contributed by atoms with Gasteiger partial charge >= 0.3 is 0 Å². The molecule has 0 spiro atoms. The Bertz CT molecular complexity index is 808. The molecule has 162 valence electrons. The molecule has 1 unspecified atom stereocenters. The number of sulfonamides is 1. The largest absolute Gasteiger partial charge is 0.381 e. The van der Waals surface area contributed by atoms with Crippen LogP contribution in [0.25, 0.3) is 0 Å². The number of benzene rings is 1. The third-order valence-corrected chi connectivity index (χ3v) is 7.30. The van der Waals surface area contributed by atoms with Gasteiger partial charge in [-0.1, -0.05) is 17.7 Å². The molecule has 0 bridgehead atoms. The number of hydrogen-bond donors (Lipinski definition) is 0. The van der Waals surface area contributed by atoms with E-state index >= 15 is 0 Å². The second kappa shape index (κ2) is 9.55. The van der Waals surface area contributed by atoms with E-state index in [0.29, 0.717) is 31.2 Å². The van der Waals surface area contributed by atoms with Crippen LogP contribution in [0, 0.1) is 6.92 Å². The molecule has 0 aliphatic carbocycles. The van der Waals surface area contributed by atoms with Gasteiger partial charge in [0.05, 0.1) is 6.26 Å². The quantitative estimate of drug-likeness (QED) is 0.666. The van der Waals surface area contributed by atoms with E-state index in [4.69, 9.17) is 4.74 Å². The Morgan fingerprint density at radius 2 is 1.90 bits per heavy atom. The summed E-state index contributed by atoms with van der Waals surface area (Å²) in [7, 11) is -1.33. The Labute approximate surface area is 174 Å². The molecule has 8 heteroatoms. The zero-order valence-electron chi connectivity index (χ0n) is 17.7. The summed E-state index contributed by atoms with van der Waals surface area (Å²) < 4.78 is 31.0. The lowest BCUT2D eigenvalue weighted by Crippen LogP contribution is -2.50. The highest BCUT2D eigenvalue weighted by molar-refractivity contribution is 7.88. The van der Waals surface area contributed by atoms with Crippen molar-refractivity contribution in [1.82, 2.24) is 14.1 Å². The van der Waals surface area contributed by atoms with Gasteiger partial charge < -0.3 is 9.64 Å². The Morgan fingerprint density at radius 1 is 1.17 bits per heavy atom. The van der Waals surface area contributed by atoms with Crippen molar-refractivity contribution in [3.8, 4) is 0 Å².